The fourth-order valence-corrected chi connectivity index (χ4v) is 2.20. The molecule has 2 rings (SSSR count). The van der Waals surface area contributed by atoms with Crippen LogP contribution in [0.3, 0.4) is 0 Å². The monoisotopic (exact) mass is 248 g/mol. The number of aryl methyl sites for hydroxylation is 1. The van der Waals surface area contributed by atoms with Crippen molar-refractivity contribution in [2.45, 2.75) is 19.8 Å². The van der Waals surface area contributed by atoms with Gasteiger partial charge in [-0.25, -0.2) is 0 Å². The van der Waals surface area contributed by atoms with Crippen molar-refractivity contribution in [1.29, 1.82) is 0 Å². The van der Waals surface area contributed by atoms with E-state index in [2.05, 4.69) is 10.6 Å². The third-order valence-corrected chi connectivity index (χ3v) is 3.47. The number of benzene rings is 1. The SMILES string of the molecule is Cc1ccc(C(=O)NCCC2CCNC2)cc1O. The molecule has 1 amide bonds. The first kappa shape index (κ1) is 12.9. The molecule has 3 N–H and O–H groups in total. The second-order valence-electron chi connectivity index (χ2n) is 4.90. The van der Waals surface area contributed by atoms with Gasteiger partial charge < -0.3 is 15.7 Å². The van der Waals surface area contributed by atoms with Gasteiger partial charge in [-0.1, -0.05) is 6.07 Å². The zero-order chi connectivity index (χ0) is 13.0. The van der Waals surface area contributed by atoms with E-state index in [4.69, 9.17) is 0 Å². The minimum Gasteiger partial charge on any atom is -0.508 e. The number of amides is 1. The number of rotatable bonds is 4. The molecule has 1 saturated heterocycles. The second-order valence-corrected chi connectivity index (χ2v) is 4.90. The van der Waals surface area contributed by atoms with Crippen molar-refractivity contribution in [3.8, 4) is 5.75 Å². The Morgan fingerprint density at radius 1 is 1.56 bits per heavy atom. The zero-order valence-electron chi connectivity index (χ0n) is 10.7. The Balaban J connectivity index is 1.81. The average Bonchev–Trinajstić information content (AvgIpc) is 2.85. The van der Waals surface area contributed by atoms with Crippen LogP contribution in [0, 0.1) is 12.8 Å². The largest absolute Gasteiger partial charge is 0.508 e. The van der Waals surface area contributed by atoms with Crippen LogP contribution in [0.15, 0.2) is 18.2 Å². The molecule has 0 radical (unpaired) electrons. The quantitative estimate of drug-likeness (QED) is 0.755. The highest BCUT2D eigenvalue weighted by molar-refractivity contribution is 5.94. The summed E-state index contributed by atoms with van der Waals surface area (Å²) in [5.41, 5.74) is 1.30. The van der Waals surface area contributed by atoms with Crippen molar-refractivity contribution >= 4 is 5.91 Å². The number of carbonyl (C=O) groups is 1. The molecule has 0 aromatic heterocycles. The lowest BCUT2D eigenvalue weighted by Crippen LogP contribution is -2.26. The molecule has 1 atom stereocenters. The van der Waals surface area contributed by atoms with Gasteiger partial charge in [-0.2, -0.15) is 0 Å². The Morgan fingerprint density at radius 3 is 3.06 bits per heavy atom. The predicted octanol–water partition coefficient (Wildman–Crippen LogP) is 1.43. The van der Waals surface area contributed by atoms with Gasteiger partial charge in [0.25, 0.3) is 5.91 Å². The van der Waals surface area contributed by atoms with E-state index in [9.17, 15) is 9.90 Å². The number of nitrogens with one attached hydrogen (secondary N) is 2. The molecule has 0 bridgehead atoms. The summed E-state index contributed by atoms with van der Waals surface area (Å²) in [6, 6.07) is 5.01. The maximum absolute atomic E-state index is 11.8. The molecular weight excluding hydrogens is 228 g/mol. The van der Waals surface area contributed by atoms with E-state index >= 15 is 0 Å². The van der Waals surface area contributed by atoms with Crippen molar-refractivity contribution < 1.29 is 9.90 Å². The van der Waals surface area contributed by atoms with Crippen LogP contribution in [0.25, 0.3) is 0 Å². The van der Waals surface area contributed by atoms with E-state index in [1.807, 2.05) is 6.92 Å². The van der Waals surface area contributed by atoms with Gasteiger partial charge in [-0.3, -0.25) is 4.79 Å². The molecule has 1 heterocycles. The highest BCUT2D eigenvalue weighted by Crippen LogP contribution is 2.17. The highest BCUT2D eigenvalue weighted by atomic mass is 16.3. The van der Waals surface area contributed by atoms with Crippen LogP contribution in [0.1, 0.15) is 28.8 Å². The smallest absolute Gasteiger partial charge is 0.251 e. The number of hydrogen-bond acceptors (Lipinski definition) is 3. The molecule has 0 spiro atoms. The fraction of sp³-hybridized carbons (Fsp3) is 0.500. The first-order valence-corrected chi connectivity index (χ1v) is 6.45. The first-order valence-electron chi connectivity index (χ1n) is 6.45. The van der Waals surface area contributed by atoms with E-state index in [0.29, 0.717) is 18.0 Å². The minimum absolute atomic E-state index is 0.115. The van der Waals surface area contributed by atoms with Gasteiger partial charge in [0, 0.05) is 12.1 Å². The van der Waals surface area contributed by atoms with E-state index < -0.39 is 0 Å². The molecule has 1 aromatic rings. The van der Waals surface area contributed by atoms with Crippen molar-refractivity contribution in [1.82, 2.24) is 10.6 Å². The number of aromatic hydroxyl groups is 1. The third-order valence-electron chi connectivity index (χ3n) is 3.47. The first-order chi connectivity index (χ1) is 8.66. The Bertz CT molecular complexity index is 426. The van der Waals surface area contributed by atoms with Crippen molar-refractivity contribution in [3.05, 3.63) is 29.3 Å². The van der Waals surface area contributed by atoms with Crippen LogP contribution in [0.2, 0.25) is 0 Å². The van der Waals surface area contributed by atoms with Crippen LogP contribution in [0.4, 0.5) is 0 Å². The van der Waals surface area contributed by atoms with Crippen molar-refractivity contribution in [2.75, 3.05) is 19.6 Å². The molecule has 4 heteroatoms. The average molecular weight is 248 g/mol. The standard InChI is InChI=1S/C14H20N2O2/c1-10-2-3-12(8-13(10)17)14(18)16-7-5-11-4-6-15-9-11/h2-3,8,11,15,17H,4-7,9H2,1H3,(H,16,18). The molecule has 98 valence electrons. The molecule has 1 aromatic carbocycles. The van der Waals surface area contributed by atoms with Crippen LogP contribution in [0.5, 0.6) is 5.75 Å². The molecule has 1 aliphatic heterocycles. The Labute approximate surface area is 107 Å². The Morgan fingerprint density at radius 2 is 2.39 bits per heavy atom. The maximum Gasteiger partial charge on any atom is 0.251 e. The summed E-state index contributed by atoms with van der Waals surface area (Å²) < 4.78 is 0. The zero-order valence-corrected chi connectivity index (χ0v) is 10.7. The van der Waals surface area contributed by atoms with Crippen LogP contribution >= 0.6 is 0 Å². The van der Waals surface area contributed by atoms with Crippen LogP contribution in [-0.4, -0.2) is 30.6 Å². The topological polar surface area (TPSA) is 61.4 Å². The van der Waals surface area contributed by atoms with Crippen molar-refractivity contribution in [2.24, 2.45) is 5.92 Å². The van der Waals surface area contributed by atoms with Gasteiger partial charge in [0.05, 0.1) is 0 Å². The molecule has 1 aliphatic rings. The maximum atomic E-state index is 11.8. The summed E-state index contributed by atoms with van der Waals surface area (Å²) in [4.78, 5) is 11.8. The summed E-state index contributed by atoms with van der Waals surface area (Å²) in [5.74, 6) is 0.732. The van der Waals surface area contributed by atoms with Crippen LogP contribution in [-0.2, 0) is 0 Å². The highest BCUT2D eigenvalue weighted by Gasteiger charge is 2.14. The Kier molecular flexibility index (Phi) is 4.20. The number of phenolic OH excluding ortho intramolecular Hbond substituents is 1. The van der Waals surface area contributed by atoms with Gasteiger partial charge in [-0.05, 0) is 56.5 Å². The molecule has 1 unspecified atom stereocenters. The lowest BCUT2D eigenvalue weighted by Gasteiger charge is -2.10. The normalized spacial score (nSPS) is 18.8. The lowest BCUT2D eigenvalue weighted by molar-refractivity contribution is 0.0951. The van der Waals surface area contributed by atoms with Gasteiger partial charge in [0.2, 0.25) is 0 Å². The van der Waals surface area contributed by atoms with Crippen LogP contribution < -0.4 is 10.6 Å². The summed E-state index contributed by atoms with van der Waals surface area (Å²) >= 11 is 0. The number of hydrogen-bond donors (Lipinski definition) is 3. The third kappa shape index (κ3) is 3.23. The van der Waals surface area contributed by atoms with Gasteiger partial charge in [-0.15, -0.1) is 0 Å². The molecule has 4 nitrogen and oxygen atoms in total. The van der Waals surface area contributed by atoms with E-state index in [1.165, 1.54) is 12.5 Å². The molecule has 0 saturated carbocycles. The molecule has 18 heavy (non-hydrogen) atoms. The summed E-state index contributed by atoms with van der Waals surface area (Å²) in [6.07, 6.45) is 2.21. The summed E-state index contributed by atoms with van der Waals surface area (Å²) in [6.45, 7) is 4.65. The lowest BCUT2D eigenvalue weighted by atomic mass is 10.1. The summed E-state index contributed by atoms with van der Waals surface area (Å²) in [7, 11) is 0. The van der Waals surface area contributed by atoms with E-state index in [-0.39, 0.29) is 11.7 Å². The fourth-order valence-electron chi connectivity index (χ4n) is 2.20. The Hall–Kier alpha value is -1.55. The second kappa shape index (κ2) is 5.87. The van der Waals surface area contributed by atoms with Gasteiger partial charge in [0.15, 0.2) is 0 Å². The molecule has 1 fully saturated rings. The summed E-state index contributed by atoms with van der Waals surface area (Å²) in [5, 5.41) is 15.8. The van der Waals surface area contributed by atoms with Crippen molar-refractivity contribution in [3.63, 3.8) is 0 Å². The number of phenols is 1. The molecule has 0 aliphatic carbocycles. The van der Waals surface area contributed by atoms with Gasteiger partial charge >= 0.3 is 0 Å². The van der Waals surface area contributed by atoms with Gasteiger partial charge in [0.1, 0.15) is 5.75 Å². The van der Waals surface area contributed by atoms with E-state index in [1.54, 1.807) is 12.1 Å². The number of carbonyl (C=O) groups excluding carboxylic acids is 1. The molecular formula is C14H20N2O2. The minimum atomic E-state index is -0.115. The van der Waals surface area contributed by atoms with E-state index in [0.717, 1.165) is 25.1 Å². The predicted molar refractivity (Wildman–Crippen MR) is 70.8 cm³/mol.